The van der Waals surface area contributed by atoms with Gasteiger partial charge in [0.2, 0.25) is 0 Å². The van der Waals surface area contributed by atoms with E-state index < -0.39 is 10.0 Å². The van der Waals surface area contributed by atoms with Crippen LogP contribution in [0.2, 0.25) is 5.02 Å². The van der Waals surface area contributed by atoms with Crippen LogP contribution in [-0.4, -0.2) is 20.4 Å². The molecule has 2 fully saturated rings. The number of fused-ring (bicyclic) bond motifs is 2. The van der Waals surface area contributed by atoms with Crippen molar-refractivity contribution < 1.29 is 13.2 Å². The molecule has 2 saturated carbocycles. The number of sulfonamides is 1. The SMILES string of the molecule is Cc1ccc(S(=O)(=O)Nc2ccc(C(=O)N[C@@H]3C[C@@H]4CC[C@@H]3C4)cc2Cl)cc1. The van der Waals surface area contributed by atoms with Crippen molar-refractivity contribution in [3.05, 3.63) is 58.6 Å². The van der Waals surface area contributed by atoms with Crippen LogP contribution in [0, 0.1) is 18.8 Å². The highest BCUT2D eigenvalue weighted by molar-refractivity contribution is 7.92. The normalized spacial score (nSPS) is 23.6. The summed E-state index contributed by atoms with van der Waals surface area (Å²) in [6.45, 7) is 1.89. The Bertz CT molecular complexity index is 1000. The van der Waals surface area contributed by atoms with Crippen molar-refractivity contribution in [3.8, 4) is 0 Å². The quantitative estimate of drug-likeness (QED) is 0.757. The molecule has 2 aromatic rings. The second-order valence-corrected chi connectivity index (χ2v) is 9.96. The fourth-order valence-electron chi connectivity index (χ4n) is 4.33. The van der Waals surface area contributed by atoms with E-state index in [0.717, 1.165) is 17.9 Å². The standard InChI is InChI=1S/C21H23ClN2O3S/c1-13-2-7-17(8-3-13)28(26,27)24-19-9-6-16(12-18(19)22)21(25)23-20-11-14-4-5-15(20)10-14/h2-3,6-9,12,14-15,20,24H,4-5,10-11H2,1H3,(H,23,25)/t14-,15-,20-/m1/s1. The van der Waals surface area contributed by atoms with Crippen molar-refractivity contribution in [3.63, 3.8) is 0 Å². The Morgan fingerprint density at radius 3 is 2.43 bits per heavy atom. The summed E-state index contributed by atoms with van der Waals surface area (Å²) in [6.07, 6.45) is 4.73. The first-order chi connectivity index (χ1) is 13.3. The summed E-state index contributed by atoms with van der Waals surface area (Å²) < 4.78 is 27.6. The third kappa shape index (κ3) is 3.89. The van der Waals surface area contributed by atoms with E-state index in [1.165, 1.54) is 31.4 Å². The van der Waals surface area contributed by atoms with Crippen LogP contribution >= 0.6 is 11.6 Å². The number of rotatable bonds is 5. The molecule has 0 heterocycles. The van der Waals surface area contributed by atoms with E-state index in [2.05, 4.69) is 10.0 Å². The van der Waals surface area contributed by atoms with Gasteiger partial charge < -0.3 is 5.32 Å². The molecule has 0 aliphatic heterocycles. The van der Waals surface area contributed by atoms with E-state index in [4.69, 9.17) is 11.6 Å². The largest absolute Gasteiger partial charge is 0.349 e. The van der Waals surface area contributed by atoms with Gasteiger partial charge in [-0.05, 0) is 68.4 Å². The zero-order valence-electron chi connectivity index (χ0n) is 15.6. The number of carbonyl (C=O) groups is 1. The monoisotopic (exact) mass is 418 g/mol. The maximum atomic E-state index is 12.6. The number of carbonyl (C=O) groups excluding carboxylic acids is 1. The fraction of sp³-hybridized carbons (Fsp3) is 0.381. The van der Waals surface area contributed by atoms with Crippen molar-refractivity contribution in [2.45, 2.75) is 43.5 Å². The van der Waals surface area contributed by atoms with Crippen LogP contribution < -0.4 is 10.0 Å². The van der Waals surface area contributed by atoms with Crippen LogP contribution in [-0.2, 0) is 10.0 Å². The molecule has 3 atom stereocenters. The van der Waals surface area contributed by atoms with Crippen LogP contribution in [0.5, 0.6) is 0 Å². The van der Waals surface area contributed by atoms with Crippen LogP contribution in [0.25, 0.3) is 0 Å². The van der Waals surface area contributed by atoms with E-state index in [1.807, 2.05) is 6.92 Å². The average Bonchev–Trinajstić information content (AvgIpc) is 3.26. The minimum Gasteiger partial charge on any atom is -0.349 e. The van der Waals surface area contributed by atoms with Gasteiger partial charge in [-0.15, -0.1) is 0 Å². The van der Waals surface area contributed by atoms with Gasteiger partial charge in [0.15, 0.2) is 0 Å². The summed E-state index contributed by atoms with van der Waals surface area (Å²) in [5, 5.41) is 3.31. The number of nitrogens with one attached hydrogen (secondary N) is 2. The van der Waals surface area contributed by atoms with E-state index in [9.17, 15) is 13.2 Å². The van der Waals surface area contributed by atoms with E-state index >= 15 is 0 Å². The summed E-state index contributed by atoms with van der Waals surface area (Å²) in [7, 11) is -3.75. The highest BCUT2D eigenvalue weighted by Crippen LogP contribution is 2.44. The lowest BCUT2D eigenvalue weighted by Crippen LogP contribution is -2.38. The first-order valence-electron chi connectivity index (χ1n) is 9.52. The van der Waals surface area contributed by atoms with Crippen molar-refractivity contribution in [2.24, 2.45) is 11.8 Å². The highest BCUT2D eigenvalue weighted by Gasteiger charge is 2.40. The van der Waals surface area contributed by atoms with Gasteiger partial charge in [-0.3, -0.25) is 9.52 Å². The van der Waals surface area contributed by atoms with Gasteiger partial charge in [0.25, 0.3) is 15.9 Å². The highest BCUT2D eigenvalue weighted by atomic mass is 35.5. The Balaban J connectivity index is 1.46. The minimum atomic E-state index is -3.75. The molecule has 2 bridgehead atoms. The third-order valence-corrected chi connectivity index (χ3v) is 7.56. The van der Waals surface area contributed by atoms with Gasteiger partial charge in [-0.2, -0.15) is 0 Å². The Hall–Kier alpha value is -2.05. The number of benzene rings is 2. The van der Waals surface area contributed by atoms with Crippen LogP contribution in [0.4, 0.5) is 5.69 Å². The fourth-order valence-corrected chi connectivity index (χ4v) is 5.70. The number of halogens is 1. The van der Waals surface area contributed by atoms with Gasteiger partial charge >= 0.3 is 0 Å². The molecule has 4 rings (SSSR count). The zero-order chi connectivity index (χ0) is 19.9. The lowest BCUT2D eigenvalue weighted by atomic mass is 9.95. The molecule has 2 aliphatic rings. The summed E-state index contributed by atoms with van der Waals surface area (Å²) in [4.78, 5) is 12.7. The van der Waals surface area contributed by atoms with Crippen molar-refractivity contribution in [1.29, 1.82) is 0 Å². The van der Waals surface area contributed by atoms with Crippen LogP contribution in [0.1, 0.15) is 41.6 Å². The molecular formula is C21H23ClN2O3S. The summed E-state index contributed by atoms with van der Waals surface area (Å²) in [6, 6.07) is 11.4. The van der Waals surface area contributed by atoms with E-state index in [1.54, 1.807) is 30.3 Å². The number of aryl methyl sites for hydroxylation is 1. The Morgan fingerprint density at radius 1 is 1.07 bits per heavy atom. The average molecular weight is 419 g/mol. The second-order valence-electron chi connectivity index (χ2n) is 7.87. The molecule has 28 heavy (non-hydrogen) atoms. The molecule has 5 nitrogen and oxygen atoms in total. The number of amides is 1. The van der Waals surface area contributed by atoms with Crippen molar-refractivity contribution in [1.82, 2.24) is 5.32 Å². The lowest BCUT2D eigenvalue weighted by molar-refractivity contribution is 0.0923. The molecule has 2 aliphatic carbocycles. The van der Waals surface area contributed by atoms with Crippen molar-refractivity contribution in [2.75, 3.05) is 4.72 Å². The van der Waals surface area contributed by atoms with Gasteiger partial charge in [0.1, 0.15) is 0 Å². The zero-order valence-corrected chi connectivity index (χ0v) is 17.2. The number of hydrogen-bond acceptors (Lipinski definition) is 3. The van der Waals surface area contributed by atoms with Gasteiger partial charge in [-0.1, -0.05) is 35.7 Å². The molecular weight excluding hydrogens is 396 g/mol. The first-order valence-corrected chi connectivity index (χ1v) is 11.4. The molecule has 7 heteroatoms. The molecule has 0 spiro atoms. The molecule has 2 aromatic carbocycles. The van der Waals surface area contributed by atoms with Crippen LogP contribution in [0.3, 0.4) is 0 Å². The Kier molecular flexibility index (Phi) is 5.10. The second kappa shape index (κ2) is 7.41. The Morgan fingerprint density at radius 2 is 1.82 bits per heavy atom. The molecule has 2 N–H and O–H groups in total. The number of hydrogen-bond donors (Lipinski definition) is 2. The maximum absolute atomic E-state index is 12.6. The van der Waals surface area contributed by atoms with Crippen molar-refractivity contribution >= 4 is 33.2 Å². The maximum Gasteiger partial charge on any atom is 0.261 e. The topological polar surface area (TPSA) is 75.3 Å². The summed E-state index contributed by atoms with van der Waals surface area (Å²) in [5.41, 5.74) is 1.66. The molecule has 0 radical (unpaired) electrons. The molecule has 148 valence electrons. The van der Waals surface area contributed by atoms with E-state index in [0.29, 0.717) is 11.5 Å². The lowest BCUT2D eigenvalue weighted by Gasteiger charge is -2.23. The smallest absolute Gasteiger partial charge is 0.261 e. The number of anilines is 1. The third-order valence-electron chi connectivity index (χ3n) is 5.86. The van der Waals surface area contributed by atoms with Gasteiger partial charge in [-0.25, -0.2) is 8.42 Å². The minimum absolute atomic E-state index is 0.160. The summed E-state index contributed by atoms with van der Waals surface area (Å²) >= 11 is 6.26. The molecule has 0 unspecified atom stereocenters. The predicted molar refractivity (Wildman–Crippen MR) is 110 cm³/mol. The van der Waals surface area contributed by atoms with Gasteiger partial charge in [0, 0.05) is 11.6 Å². The molecule has 0 aromatic heterocycles. The molecule has 1 amide bonds. The van der Waals surface area contributed by atoms with Gasteiger partial charge in [0.05, 0.1) is 15.6 Å². The van der Waals surface area contributed by atoms with Crippen LogP contribution in [0.15, 0.2) is 47.4 Å². The first kappa shape index (κ1) is 19.3. The van der Waals surface area contributed by atoms with E-state index in [-0.39, 0.29) is 27.6 Å². The summed E-state index contributed by atoms with van der Waals surface area (Å²) in [5.74, 6) is 1.18. The predicted octanol–water partition coefficient (Wildman–Crippen LogP) is 4.37. The molecule has 0 saturated heterocycles. The Labute approximate surface area is 170 Å².